The van der Waals surface area contributed by atoms with Crippen LogP contribution in [0.5, 0.6) is 0 Å². The molecule has 4 rings (SSSR count). The van der Waals surface area contributed by atoms with E-state index in [0.29, 0.717) is 19.4 Å². The summed E-state index contributed by atoms with van der Waals surface area (Å²) in [5.74, 6) is -1.28. The average molecular weight is 422 g/mol. The molecule has 0 aromatic heterocycles. The fraction of sp³-hybridized carbons (Fsp3) is 0.375. The van der Waals surface area contributed by atoms with E-state index in [4.69, 9.17) is 4.74 Å². The lowest BCUT2D eigenvalue weighted by Crippen LogP contribution is -2.44. The zero-order chi connectivity index (χ0) is 22.0. The van der Waals surface area contributed by atoms with E-state index in [2.05, 4.69) is 29.6 Å². The van der Waals surface area contributed by atoms with E-state index in [1.807, 2.05) is 24.3 Å². The Morgan fingerprint density at radius 1 is 1.10 bits per heavy atom. The van der Waals surface area contributed by atoms with Crippen molar-refractivity contribution in [3.05, 3.63) is 59.7 Å². The Kier molecular flexibility index (Phi) is 5.93. The van der Waals surface area contributed by atoms with Gasteiger partial charge in [0.25, 0.3) is 0 Å². The second kappa shape index (κ2) is 8.79. The number of amides is 2. The SMILES string of the molecule is CC(CC(=O)N1CCCC1C(=O)O)NC(=O)OCC1c2ccccc2-c2ccccc21. The van der Waals surface area contributed by atoms with Crippen molar-refractivity contribution < 1.29 is 24.2 Å². The van der Waals surface area contributed by atoms with E-state index >= 15 is 0 Å². The maximum atomic E-state index is 12.5. The Balaban J connectivity index is 1.32. The van der Waals surface area contributed by atoms with Gasteiger partial charge in [-0.15, -0.1) is 0 Å². The zero-order valence-electron chi connectivity index (χ0n) is 17.4. The molecular weight excluding hydrogens is 396 g/mol. The Morgan fingerprint density at radius 3 is 2.32 bits per heavy atom. The predicted molar refractivity (Wildman–Crippen MR) is 115 cm³/mol. The van der Waals surface area contributed by atoms with Crippen LogP contribution in [-0.4, -0.2) is 53.2 Å². The van der Waals surface area contributed by atoms with Gasteiger partial charge in [0.15, 0.2) is 0 Å². The van der Waals surface area contributed by atoms with Crippen LogP contribution in [0.4, 0.5) is 4.79 Å². The number of nitrogens with zero attached hydrogens (tertiary/aromatic N) is 1. The second-order valence-corrected chi connectivity index (χ2v) is 8.16. The lowest BCUT2D eigenvalue weighted by molar-refractivity contribution is -0.148. The number of carboxylic acid groups (broad SMARTS) is 1. The zero-order valence-corrected chi connectivity index (χ0v) is 17.4. The third-order valence-electron chi connectivity index (χ3n) is 6.05. The predicted octanol–water partition coefficient (Wildman–Crippen LogP) is 3.38. The highest BCUT2D eigenvalue weighted by molar-refractivity contribution is 5.85. The summed E-state index contributed by atoms with van der Waals surface area (Å²) in [6.07, 6.45) is 0.596. The topological polar surface area (TPSA) is 95.9 Å². The number of hydrogen-bond donors (Lipinski definition) is 2. The summed E-state index contributed by atoms with van der Waals surface area (Å²) in [6.45, 7) is 2.35. The van der Waals surface area contributed by atoms with Crippen molar-refractivity contribution in [2.45, 2.75) is 44.2 Å². The molecule has 1 aliphatic heterocycles. The van der Waals surface area contributed by atoms with E-state index in [0.717, 1.165) is 22.3 Å². The summed E-state index contributed by atoms with van der Waals surface area (Å²) in [6, 6.07) is 15.0. The molecule has 1 aliphatic carbocycles. The van der Waals surface area contributed by atoms with E-state index in [1.165, 1.54) is 4.90 Å². The summed E-state index contributed by atoms with van der Waals surface area (Å²) in [5.41, 5.74) is 4.58. The first-order valence-electron chi connectivity index (χ1n) is 10.6. The number of benzene rings is 2. The summed E-state index contributed by atoms with van der Waals surface area (Å²) in [5, 5.41) is 11.9. The van der Waals surface area contributed by atoms with Crippen molar-refractivity contribution in [3.63, 3.8) is 0 Å². The maximum Gasteiger partial charge on any atom is 0.407 e. The van der Waals surface area contributed by atoms with Crippen molar-refractivity contribution in [3.8, 4) is 11.1 Å². The standard InChI is InChI=1S/C24H26N2O5/c1-15(13-22(27)26-12-6-11-21(26)23(28)29)25-24(30)31-14-20-18-9-4-2-7-16(18)17-8-3-5-10-19(17)20/h2-5,7-10,15,20-21H,6,11-14H2,1H3,(H,25,30)(H,28,29). The number of likely N-dealkylation sites (tertiary alicyclic amines) is 1. The molecule has 2 aromatic rings. The molecule has 1 heterocycles. The van der Waals surface area contributed by atoms with Gasteiger partial charge in [0.2, 0.25) is 5.91 Å². The monoisotopic (exact) mass is 422 g/mol. The van der Waals surface area contributed by atoms with Gasteiger partial charge in [-0.05, 0) is 42.0 Å². The van der Waals surface area contributed by atoms with Crippen LogP contribution in [0, 0.1) is 0 Å². The molecule has 162 valence electrons. The van der Waals surface area contributed by atoms with Gasteiger partial charge in [0.1, 0.15) is 12.6 Å². The van der Waals surface area contributed by atoms with Crippen LogP contribution in [0.3, 0.4) is 0 Å². The summed E-state index contributed by atoms with van der Waals surface area (Å²) >= 11 is 0. The number of ether oxygens (including phenoxy) is 1. The van der Waals surface area contributed by atoms with E-state index in [1.54, 1.807) is 6.92 Å². The van der Waals surface area contributed by atoms with Crippen molar-refractivity contribution >= 4 is 18.0 Å². The molecular formula is C24H26N2O5. The number of aliphatic carboxylic acids is 1. The quantitative estimate of drug-likeness (QED) is 0.744. The number of rotatable bonds is 6. The minimum atomic E-state index is -0.983. The van der Waals surface area contributed by atoms with Gasteiger partial charge in [-0.25, -0.2) is 9.59 Å². The molecule has 31 heavy (non-hydrogen) atoms. The first-order chi connectivity index (χ1) is 15.0. The number of carbonyl (C=O) groups excluding carboxylic acids is 2. The summed E-state index contributed by atoms with van der Waals surface area (Å²) in [7, 11) is 0. The number of nitrogens with one attached hydrogen (secondary N) is 1. The average Bonchev–Trinajstić information content (AvgIpc) is 3.36. The molecule has 0 saturated carbocycles. The molecule has 0 bridgehead atoms. The number of fused-ring (bicyclic) bond motifs is 3. The van der Waals surface area contributed by atoms with Gasteiger partial charge in [-0.2, -0.15) is 0 Å². The van der Waals surface area contributed by atoms with Gasteiger partial charge in [-0.3, -0.25) is 4.79 Å². The Labute approximate surface area is 181 Å². The molecule has 2 aromatic carbocycles. The van der Waals surface area contributed by atoms with Gasteiger partial charge >= 0.3 is 12.1 Å². The molecule has 0 radical (unpaired) electrons. The largest absolute Gasteiger partial charge is 0.480 e. The second-order valence-electron chi connectivity index (χ2n) is 8.16. The number of alkyl carbamates (subject to hydrolysis) is 1. The van der Waals surface area contributed by atoms with Crippen LogP contribution in [0.1, 0.15) is 43.2 Å². The number of carbonyl (C=O) groups is 3. The van der Waals surface area contributed by atoms with Crippen LogP contribution in [0.15, 0.2) is 48.5 Å². The van der Waals surface area contributed by atoms with E-state index in [9.17, 15) is 19.5 Å². The van der Waals surface area contributed by atoms with Gasteiger partial charge in [0.05, 0.1) is 0 Å². The third-order valence-corrected chi connectivity index (χ3v) is 6.05. The number of carboxylic acids is 1. The fourth-order valence-corrected chi connectivity index (χ4v) is 4.59. The minimum absolute atomic E-state index is 0.0315. The fourth-order valence-electron chi connectivity index (χ4n) is 4.59. The molecule has 2 unspecified atom stereocenters. The molecule has 2 N–H and O–H groups in total. The highest BCUT2D eigenvalue weighted by atomic mass is 16.5. The normalized spacial score (nSPS) is 18.2. The van der Waals surface area contributed by atoms with Crippen LogP contribution in [0.2, 0.25) is 0 Å². The molecule has 0 spiro atoms. The third kappa shape index (κ3) is 4.26. The van der Waals surface area contributed by atoms with Crippen LogP contribution >= 0.6 is 0 Å². The molecule has 2 atom stereocenters. The molecule has 1 fully saturated rings. The van der Waals surface area contributed by atoms with Crippen molar-refractivity contribution in [1.82, 2.24) is 10.2 Å². The van der Waals surface area contributed by atoms with Crippen molar-refractivity contribution in [2.24, 2.45) is 0 Å². The molecule has 1 saturated heterocycles. The molecule has 7 nitrogen and oxygen atoms in total. The molecule has 2 amide bonds. The van der Waals surface area contributed by atoms with Crippen LogP contribution in [0.25, 0.3) is 11.1 Å². The van der Waals surface area contributed by atoms with Crippen LogP contribution in [-0.2, 0) is 14.3 Å². The lowest BCUT2D eigenvalue weighted by atomic mass is 9.98. The van der Waals surface area contributed by atoms with Crippen molar-refractivity contribution in [1.29, 1.82) is 0 Å². The highest BCUT2D eigenvalue weighted by Crippen LogP contribution is 2.44. The van der Waals surface area contributed by atoms with Crippen molar-refractivity contribution in [2.75, 3.05) is 13.2 Å². The van der Waals surface area contributed by atoms with E-state index in [-0.39, 0.29) is 24.9 Å². The molecule has 2 aliphatic rings. The summed E-state index contributed by atoms with van der Waals surface area (Å²) in [4.78, 5) is 37.5. The Morgan fingerprint density at radius 2 is 1.71 bits per heavy atom. The smallest absolute Gasteiger partial charge is 0.407 e. The van der Waals surface area contributed by atoms with E-state index < -0.39 is 24.1 Å². The first-order valence-corrected chi connectivity index (χ1v) is 10.6. The highest BCUT2D eigenvalue weighted by Gasteiger charge is 2.34. The number of hydrogen-bond acceptors (Lipinski definition) is 4. The Hall–Kier alpha value is -3.35. The Bertz CT molecular complexity index is 959. The lowest BCUT2D eigenvalue weighted by Gasteiger charge is -2.23. The van der Waals surface area contributed by atoms with Gasteiger partial charge in [-0.1, -0.05) is 48.5 Å². The molecule has 7 heteroatoms. The van der Waals surface area contributed by atoms with Crippen LogP contribution < -0.4 is 5.32 Å². The van der Waals surface area contributed by atoms with Gasteiger partial charge < -0.3 is 20.1 Å². The maximum absolute atomic E-state index is 12.5. The first kappa shape index (κ1) is 20.9. The van der Waals surface area contributed by atoms with Gasteiger partial charge in [0, 0.05) is 24.9 Å². The summed E-state index contributed by atoms with van der Waals surface area (Å²) < 4.78 is 5.51. The minimum Gasteiger partial charge on any atom is -0.480 e.